The predicted octanol–water partition coefficient (Wildman–Crippen LogP) is 0.574. The van der Waals surface area contributed by atoms with Crippen molar-refractivity contribution in [1.29, 1.82) is 0 Å². The molecule has 3 nitrogen and oxygen atoms in total. The molecule has 1 heterocycles. The van der Waals surface area contributed by atoms with Crippen LogP contribution in [0.2, 0.25) is 0 Å². The largest absolute Gasteiger partial charge is 0.304 e. The molecule has 1 atom stereocenters. The molecule has 0 fully saturated rings. The maximum atomic E-state index is 5.23. The van der Waals surface area contributed by atoms with Gasteiger partial charge < -0.3 is 5.32 Å². The third kappa shape index (κ3) is 3.30. The van der Waals surface area contributed by atoms with Gasteiger partial charge in [0.15, 0.2) is 0 Å². The van der Waals surface area contributed by atoms with Gasteiger partial charge in [-0.05, 0) is 18.9 Å². The van der Waals surface area contributed by atoms with Gasteiger partial charge in [-0.25, -0.2) is 0 Å². The van der Waals surface area contributed by atoms with E-state index in [-0.39, 0.29) is 6.04 Å². The molecule has 0 saturated carbocycles. The third-order valence-electron chi connectivity index (χ3n) is 1.87. The van der Waals surface area contributed by atoms with E-state index in [0.29, 0.717) is 0 Å². The van der Waals surface area contributed by atoms with Gasteiger partial charge >= 0.3 is 0 Å². The molecule has 1 unspecified atom stereocenters. The Labute approximate surface area is 79.1 Å². The molecule has 0 aliphatic heterocycles. The van der Waals surface area contributed by atoms with E-state index in [1.807, 2.05) is 26.4 Å². The predicted molar refractivity (Wildman–Crippen MR) is 53.2 cm³/mol. The fourth-order valence-electron chi connectivity index (χ4n) is 1.09. The van der Waals surface area contributed by atoms with E-state index in [4.69, 9.17) is 6.42 Å². The zero-order valence-electron chi connectivity index (χ0n) is 8.12. The third-order valence-corrected chi connectivity index (χ3v) is 1.87. The molecule has 0 radical (unpaired) electrons. The second-order valence-electron chi connectivity index (χ2n) is 3.11. The molecule has 1 rings (SSSR count). The molecule has 0 aliphatic rings. The lowest BCUT2D eigenvalue weighted by atomic mass is 10.2. The van der Waals surface area contributed by atoms with Gasteiger partial charge in [-0.1, -0.05) is 5.92 Å². The summed E-state index contributed by atoms with van der Waals surface area (Å²) in [5.41, 5.74) is 1.24. The highest BCUT2D eigenvalue weighted by Gasteiger charge is 1.97. The summed E-state index contributed by atoms with van der Waals surface area (Å²) < 4.78 is 1.81. The topological polar surface area (TPSA) is 29.9 Å². The molecule has 3 heteroatoms. The molecule has 0 spiro atoms. The minimum absolute atomic E-state index is 0.150. The lowest BCUT2D eigenvalue weighted by molar-refractivity contribution is 0.646. The number of nitrogens with zero attached hydrogens (tertiary/aromatic N) is 2. The first-order valence-electron chi connectivity index (χ1n) is 4.39. The molecule has 0 saturated heterocycles. The Morgan fingerprint density at radius 1 is 1.77 bits per heavy atom. The first-order valence-corrected chi connectivity index (χ1v) is 4.39. The number of aryl methyl sites for hydroxylation is 1. The summed E-state index contributed by atoms with van der Waals surface area (Å²) in [5.74, 6) is 2.62. The Balaban J connectivity index is 2.25. The Kier molecular flexibility index (Phi) is 3.53. The molecule has 13 heavy (non-hydrogen) atoms. The average Bonchev–Trinajstić information content (AvgIpc) is 2.51. The fourth-order valence-corrected chi connectivity index (χ4v) is 1.09. The molecule has 0 amide bonds. The smallest absolute Gasteiger partial charge is 0.0658 e. The van der Waals surface area contributed by atoms with Gasteiger partial charge in [-0.3, -0.25) is 4.68 Å². The van der Waals surface area contributed by atoms with Crippen molar-refractivity contribution in [2.24, 2.45) is 7.05 Å². The van der Waals surface area contributed by atoms with Gasteiger partial charge in [0, 0.05) is 19.8 Å². The van der Waals surface area contributed by atoms with E-state index in [2.05, 4.69) is 16.3 Å². The van der Waals surface area contributed by atoms with Crippen LogP contribution in [0.25, 0.3) is 0 Å². The molecule has 1 aromatic rings. The van der Waals surface area contributed by atoms with Crippen LogP contribution < -0.4 is 5.32 Å². The molecule has 0 bridgehead atoms. The Morgan fingerprint density at radius 3 is 3.08 bits per heavy atom. The van der Waals surface area contributed by atoms with Gasteiger partial charge in [0.25, 0.3) is 0 Å². The molecule has 1 aromatic heterocycles. The minimum Gasteiger partial charge on any atom is -0.304 e. The van der Waals surface area contributed by atoms with Crippen LogP contribution in [-0.2, 0) is 13.5 Å². The van der Waals surface area contributed by atoms with Crippen molar-refractivity contribution in [3.63, 3.8) is 0 Å². The van der Waals surface area contributed by atoms with Crippen LogP contribution in [0.4, 0.5) is 0 Å². The summed E-state index contributed by atoms with van der Waals surface area (Å²) >= 11 is 0. The Bertz CT molecular complexity index is 295. The minimum atomic E-state index is 0.150. The van der Waals surface area contributed by atoms with Crippen LogP contribution in [0.1, 0.15) is 12.5 Å². The van der Waals surface area contributed by atoms with Crippen LogP contribution in [0, 0.1) is 12.3 Å². The first kappa shape index (κ1) is 9.82. The number of nitrogens with one attached hydrogen (secondary N) is 1. The van der Waals surface area contributed by atoms with Crippen LogP contribution >= 0.6 is 0 Å². The van der Waals surface area contributed by atoms with Crippen molar-refractivity contribution in [2.45, 2.75) is 19.4 Å². The summed E-state index contributed by atoms with van der Waals surface area (Å²) in [6, 6.07) is 0.150. The summed E-state index contributed by atoms with van der Waals surface area (Å²) in [6.07, 6.45) is 10.1. The van der Waals surface area contributed by atoms with Gasteiger partial charge in [-0.15, -0.1) is 6.42 Å². The molecular formula is C10H15N3. The van der Waals surface area contributed by atoms with E-state index >= 15 is 0 Å². The van der Waals surface area contributed by atoms with Gasteiger partial charge in [0.1, 0.15) is 0 Å². The average molecular weight is 177 g/mol. The number of terminal acetylenes is 1. The molecule has 70 valence electrons. The van der Waals surface area contributed by atoms with E-state index in [1.54, 1.807) is 4.68 Å². The summed E-state index contributed by atoms with van der Waals surface area (Å²) in [6.45, 7) is 2.88. The normalized spacial score (nSPS) is 12.4. The lowest BCUT2D eigenvalue weighted by Crippen LogP contribution is -2.26. The second-order valence-corrected chi connectivity index (χ2v) is 3.11. The van der Waals surface area contributed by atoms with Crippen LogP contribution in [-0.4, -0.2) is 22.4 Å². The van der Waals surface area contributed by atoms with Crippen LogP contribution in [0.3, 0.4) is 0 Å². The van der Waals surface area contributed by atoms with Crippen molar-refractivity contribution >= 4 is 0 Å². The number of hydrogen-bond acceptors (Lipinski definition) is 2. The molecular weight excluding hydrogens is 162 g/mol. The Hall–Kier alpha value is -1.27. The quantitative estimate of drug-likeness (QED) is 0.682. The van der Waals surface area contributed by atoms with Crippen LogP contribution in [0.5, 0.6) is 0 Å². The van der Waals surface area contributed by atoms with E-state index in [1.165, 1.54) is 5.56 Å². The van der Waals surface area contributed by atoms with Crippen molar-refractivity contribution in [3.05, 3.63) is 18.0 Å². The highest BCUT2D eigenvalue weighted by molar-refractivity contribution is 5.04. The SMILES string of the molecule is C#CC(C)NCCc1cnn(C)c1. The van der Waals surface area contributed by atoms with Crippen molar-refractivity contribution in [3.8, 4) is 12.3 Å². The van der Waals surface area contributed by atoms with E-state index in [9.17, 15) is 0 Å². The zero-order chi connectivity index (χ0) is 9.68. The molecule has 0 aromatic carbocycles. The lowest BCUT2D eigenvalue weighted by Gasteiger charge is -2.05. The Morgan fingerprint density at radius 2 is 2.54 bits per heavy atom. The zero-order valence-corrected chi connectivity index (χ0v) is 8.12. The van der Waals surface area contributed by atoms with E-state index in [0.717, 1.165) is 13.0 Å². The summed E-state index contributed by atoms with van der Waals surface area (Å²) in [5, 5.41) is 7.30. The second kappa shape index (κ2) is 4.68. The van der Waals surface area contributed by atoms with Crippen LogP contribution in [0.15, 0.2) is 12.4 Å². The van der Waals surface area contributed by atoms with E-state index < -0.39 is 0 Å². The van der Waals surface area contributed by atoms with Crippen molar-refractivity contribution in [2.75, 3.05) is 6.54 Å². The highest BCUT2D eigenvalue weighted by Crippen LogP contribution is 1.96. The number of hydrogen-bond donors (Lipinski definition) is 1. The van der Waals surface area contributed by atoms with Gasteiger partial charge in [0.2, 0.25) is 0 Å². The maximum absolute atomic E-state index is 5.23. The maximum Gasteiger partial charge on any atom is 0.0658 e. The van der Waals surface area contributed by atoms with Gasteiger partial charge in [-0.2, -0.15) is 5.10 Å². The van der Waals surface area contributed by atoms with Crippen molar-refractivity contribution < 1.29 is 0 Å². The summed E-state index contributed by atoms with van der Waals surface area (Å²) in [4.78, 5) is 0. The highest BCUT2D eigenvalue weighted by atomic mass is 15.2. The molecule has 1 N–H and O–H groups in total. The van der Waals surface area contributed by atoms with Gasteiger partial charge in [0.05, 0.1) is 12.2 Å². The van der Waals surface area contributed by atoms with Crippen molar-refractivity contribution in [1.82, 2.24) is 15.1 Å². The summed E-state index contributed by atoms with van der Waals surface area (Å²) in [7, 11) is 1.92. The monoisotopic (exact) mass is 177 g/mol. The number of rotatable bonds is 4. The standard InChI is InChI=1S/C10H15N3/c1-4-9(2)11-6-5-10-7-12-13(3)8-10/h1,7-9,11H,5-6H2,2-3H3. The molecule has 0 aliphatic carbocycles. The fraction of sp³-hybridized carbons (Fsp3) is 0.500. The first-order chi connectivity index (χ1) is 6.22. The number of aromatic nitrogens is 2.